The van der Waals surface area contributed by atoms with Crippen molar-refractivity contribution in [2.75, 3.05) is 13.1 Å². The van der Waals surface area contributed by atoms with Crippen molar-refractivity contribution in [2.45, 2.75) is 45.4 Å². The second-order valence-electron chi connectivity index (χ2n) is 8.81. The molecule has 3 heterocycles. The summed E-state index contributed by atoms with van der Waals surface area (Å²) >= 11 is 0. The lowest BCUT2D eigenvalue weighted by atomic mass is 9.96. The summed E-state index contributed by atoms with van der Waals surface area (Å²) in [7, 11) is 0. The maximum atomic E-state index is 13.4. The van der Waals surface area contributed by atoms with Crippen LogP contribution in [-0.2, 0) is 0 Å². The van der Waals surface area contributed by atoms with Gasteiger partial charge in [-0.05, 0) is 49.9 Å². The Labute approximate surface area is 187 Å². The van der Waals surface area contributed by atoms with Crippen molar-refractivity contribution in [1.29, 1.82) is 0 Å². The minimum atomic E-state index is -0.0527. The molecule has 7 heteroatoms. The number of aromatic nitrogens is 4. The van der Waals surface area contributed by atoms with Gasteiger partial charge in [-0.2, -0.15) is 0 Å². The van der Waals surface area contributed by atoms with Crippen molar-refractivity contribution in [1.82, 2.24) is 24.9 Å². The van der Waals surface area contributed by atoms with E-state index in [4.69, 9.17) is 4.42 Å². The maximum absolute atomic E-state index is 13.4. The number of oxazole rings is 1. The van der Waals surface area contributed by atoms with Gasteiger partial charge < -0.3 is 9.32 Å². The molecule has 1 fully saturated rings. The molecule has 164 valence electrons. The summed E-state index contributed by atoms with van der Waals surface area (Å²) in [6.45, 7) is 7.49. The van der Waals surface area contributed by atoms with Crippen LogP contribution in [-0.4, -0.2) is 43.9 Å². The Balaban J connectivity index is 1.34. The molecular weight excluding hydrogens is 402 g/mol. The van der Waals surface area contributed by atoms with Gasteiger partial charge in [-0.25, -0.2) is 9.67 Å². The van der Waals surface area contributed by atoms with Gasteiger partial charge in [-0.3, -0.25) is 4.79 Å². The van der Waals surface area contributed by atoms with Gasteiger partial charge in [0.25, 0.3) is 5.91 Å². The molecule has 0 atom stereocenters. The Kier molecular flexibility index (Phi) is 5.25. The minimum absolute atomic E-state index is 0.0527. The zero-order valence-corrected chi connectivity index (χ0v) is 18.7. The van der Waals surface area contributed by atoms with Crippen LogP contribution in [0.25, 0.3) is 16.8 Å². The first-order valence-corrected chi connectivity index (χ1v) is 11.2. The fourth-order valence-electron chi connectivity index (χ4n) is 4.38. The van der Waals surface area contributed by atoms with Crippen molar-refractivity contribution < 1.29 is 9.21 Å². The van der Waals surface area contributed by atoms with Crippen LogP contribution in [0.4, 0.5) is 0 Å². The van der Waals surface area contributed by atoms with E-state index >= 15 is 0 Å². The zero-order chi connectivity index (χ0) is 22.2. The quantitative estimate of drug-likeness (QED) is 0.463. The molecule has 1 amide bonds. The molecular formula is C25H27N5O2. The molecule has 0 spiro atoms. The van der Waals surface area contributed by atoms with Gasteiger partial charge in [0, 0.05) is 19.0 Å². The number of aryl methyl sites for hydroxylation is 1. The number of carbonyl (C=O) groups excluding carboxylic acids is 1. The molecule has 0 aliphatic carbocycles. The fraction of sp³-hybridized carbons (Fsp3) is 0.360. The van der Waals surface area contributed by atoms with Crippen LogP contribution < -0.4 is 0 Å². The van der Waals surface area contributed by atoms with Crippen LogP contribution in [0.1, 0.15) is 66.2 Å². The predicted octanol–water partition coefficient (Wildman–Crippen LogP) is 4.86. The number of para-hydroxylation sites is 2. The number of rotatable bonds is 4. The SMILES string of the molecule is Cc1ccc(-n2nnc(C(=O)N3CCC(c4nc5ccccc5o4)CC3)c2C(C)C)cc1. The molecule has 0 unspecified atom stereocenters. The number of fused-ring (bicyclic) bond motifs is 1. The first-order valence-electron chi connectivity index (χ1n) is 11.2. The summed E-state index contributed by atoms with van der Waals surface area (Å²) in [5.41, 5.74) is 5.09. The van der Waals surface area contributed by atoms with Gasteiger partial charge in [0.15, 0.2) is 17.2 Å². The smallest absolute Gasteiger partial charge is 0.276 e. The highest BCUT2D eigenvalue weighted by Crippen LogP contribution is 2.31. The van der Waals surface area contributed by atoms with Crippen LogP contribution in [0.2, 0.25) is 0 Å². The lowest BCUT2D eigenvalue weighted by Gasteiger charge is -2.30. The third-order valence-corrected chi connectivity index (χ3v) is 6.17. The number of piperidine rings is 1. The van der Waals surface area contributed by atoms with E-state index in [-0.39, 0.29) is 17.7 Å². The maximum Gasteiger partial charge on any atom is 0.276 e. The van der Waals surface area contributed by atoms with Gasteiger partial charge in [-0.15, -0.1) is 5.10 Å². The number of carbonyl (C=O) groups is 1. The van der Waals surface area contributed by atoms with E-state index in [2.05, 4.69) is 29.1 Å². The Morgan fingerprint density at radius 1 is 1.06 bits per heavy atom. The van der Waals surface area contributed by atoms with E-state index in [1.165, 1.54) is 5.56 Å². The number of amides is 1. The summed E-state index contributed by atoms with van der Waals surface area (Å²) in [6.07, 6.45) is 1.64. The molecule has 2 aromatic carbocycles. The molecule has 32 heavy (non-hydrogen) atoms. The van der Waals surface area contributed by atoms with Crippen LogP contribution in [0.5, 0.6) is 0 Å². The highest BCUT2D eigenvalue weighted by molar-refractivity contribution is 5.93. The highest BCUT2D eigenvalue weighted by atomic mass is 16.3. The molecule has 0 radical (unpaired) electrons. The number of likely N-dealkylation sites (tertiary alicyclic amines) is 1. The highest BCUT2D eigenvalue weighted by Gasteiger charge is 2.31. The molecule has 2 aromatic heterocycles. The van der Waals surface area contributed by atoms with Crippen LogP contribution in [0, 0.1) is 6.92 Å². The van der Waals surface area contributed by atoms with E-state index in [1.54, 1.807) is 4.68 Å². The average Bonchev–Trinajstić information content (AvgIpc) is 3.44. The third kappa shape index (κ3) is 3.68. The molecule has 4 aromatic rings. The average molecular weight is 430 g/mol. The first kappa shape index (κ1) is 20.4. The molecule has 0 N–H and O–H groups in total. The lowest BCUT2D eigenvalue weighted by molar-refractivity contribution is 0.0699. The second-order valence-corrected chi connectivity index (χ2v) is 8.81. The van der Waals surface area contributed by atoms with E-state index < -0.39 is 0 Å². The van der Waals surface area contributed by atoms with Crippen molar-refractivity contribution in [2.24, 2.45) is 0 Å². The molecule has 1 aliphatic heterocycles. The Morgan fingerprint density at radius 2 is 1.78 bits per heavy atom. The summed E-state index contributed by atoms with van der Waals surface area (Å²) in [4.78, 5) is 19.9. The Morgan fingerprint density at radius 3 is 2.47 bits per heavy atom. The van der Waals surface area contributed by atoms with Crippen molar-refractivity contribution in [3.05, 3.63) is 71.4 Å². The van der Waals surface area contributed by atoms with Gasteiger partial charge >= 0.3 is 0 Å². The van der Waals surface area contributed by atoms with Crippen molar-refractivity contribution >= 4 is 17.0 Å². The van der Waals surface area contributed by atoms with Crippen molar-refractivity contribution in [3.8, 4) is 5.69 Å². The van der Waals surface area contributed by atoms with E-state index in [9.17, 15) is 4.79 Å². The summed E-state index contributed by atoms with van der Waals surface area (Å²) in [5.74, 6) is 1.05. The van der Waals surface area contributed by atoms with Gasteiger partial charge in [-0.1, -0.05) is 48.9 Å². The summed E-state index contributed by atoms with van der Waals surface area (Å²) in [5, 5.41) is 8.64. The molecule has 5 rings (SSSR count). The standard InChI is InChI=1S/C25H27N5O2/c1-16(2)23-22(27-28-30(23)19-10-8-17(3)9-11-19)25(31)29-14-12-18(13-15-29)24-26-20-6-4-5-7-21(20)32-24/h4-11,16,18H,12-15H2,1-3H3. The molecule has 0 bridgehead atoms. The van der Waals surface area contributed by atoms with Crippen molar-refractivity contribution in [3.63, 3.8) is 0 Å². The van der Waals surface area contributed by atoms with Crippen LogP contribution in [0.15, 0.2) is 52.9 Å². The van der Waals surface area contributed by atoms with Crippen LogP contribution >= 0.6 is 0 Å². The first-order chi connectivity index (χ1) is 15.5. The summed E-state index contributed by atoms with van der Waals surface area (Å²) < 4.78 is 7.75. The fourth-order valence-corrected chi connectivity index (χ4v) is 4.38. The lowest BCUT2D eigenvalue weighted by Crippen LogP contribution is -2.38. The molecule has 1 aliphatic rings. The Bertz CT molecular complexity index is 1210. The predicted molar refractivity (Wildman–Crippen MR) is 122 cm³/mol. The number of nitrogens with zero attached hydrogens (tertiary/aromatic N) is 5. The largest absolute Gasteiger partial charge is 0.440 e. The minimum Gasteiger partial charge on any atom is -0.440 e. The van der Waals surface area contributed by atoms with Gasteiger partial charge in [0.1, 0.15) is 5.52 Å². The number of hydrogen-bond acceptors (Lipinski definition) is 5. The summed E-state index contributed by atoms with van der Waals surface area (Å²) in [6, 6.07) is 15.9. The Hall–Kier alpha value is -3.48. The van der Waals surface area contributed by atoms with E-state index in [0.717, 1.165) is 41.2 Å². The molecule has 1 saturated heterocycles. The molecule has 7 nitrogen and oxygen atoms in total. The second kappa shape index (κ2) is 8.22. The van der Waals surface area contributed by atoms with Gasteiger partial charge in [0.05, 0.1) is 11.4 Å². The van der Waals surface area contributed by atoms with Crippen LogP contribution in [0.3, 0.4) is 0 Å². The third-order valence-electron chi connectivity index (χ3n) is 6.17. The molecule has 0 saturated carbocycles. The zero-order valence-electron chi connectivity index (χ0n) is 18.7. The van der Waals surface area contributed by atoms with Gasteiger partial charge in [0.2, 0.25) is 0 Å². The van der Waals surface area contributed by atoms with E-state index in [0.29, 0.717) is 18.8 Å². The monoisotopic (exact) mass is 429 g/mol. The normalized spacial score (nSPS) is 15.1. The number of benzene rings is 2. The topological polar surface area (TPSA) is 77.1 Å². The van der Waals surface area contributed by atoms with E-state index in [1.807, 2.05) is 60.4 Å². The number of hydrogen-bond donors (Lipinski definition) is 0.